The zero-order valence-electron chi connectivity index (χ0n) is 12.5. The first-order chi connectivity index (χ1) is 11.1. The molecule has 0 N–H and O–H groups in total. The lowest BCUT2D eigenvalue weighted by molar-refractivity contribution is -0.129. The number of carbonyl (C=O) groups is 1. The molecule has 1 amide bonds. The predicted molar refractivity (Wildman–Crippen MR) is 83.9 cm³/mol. The Labute approximate surface area is 137 Å². The Kier molecular flexibility index (Phi) is 3.34. The molecule has 6 nitrogen and oxygen atoms in total. The highest BCUT2D eigenvalue weighted by atomic mass is 35.5. The van der Waals surface area contributed by atoms with E-state index in [1.54, 1.807) is 24.2 Å². The number of halogens is 1. The largest absolute Gasteiger partial charge is 0.463 e. The second-order valence-corrected chi connectivity index (χ2v) is 5.99. The Morgan fingerprint density at radius 2 is 2.26 bits per heavy atom. The van der Waals surface area contributed by atoms with Gasteiger partial charge in [-0.1, -0.05) is 16.8 Å². The van der Waals surface area contributed by atoms with Crippen molar-refractivity contribution in [3.05, 3.63) is 35.3 Å². The van der Waals surface area contributed by atoms with Crippen LogP contribution in [0, 0.1) is 0 Å². The molecule has 1 aliphatic heterocycles. The summed E-state index contributed by atoms with van der Waals surface area (Å²) in [6.45, 7) is 2.30. The molecule has 1 saturated heterocycles. The minimum Gasteiger partial charge on any atom is -0.463 e. The summed E-state index contributed by atoms with van der Waals surface area (Å²) in [4.78, 5) is 18.0. The van der Waals surface area contributed by atoms with Crippen LogP contribution in [0.3, 0.4) is 0 Å². The number of amides is 1. The number of furan rings is 1. The highest BCUT2D eigenvalue weighted by Gasteiger charge is 2.32. The van der Waals surface area contributed by atoms with Crippen LogP contribution < -0.4 is 0 Å². The molecule has 0 aliphatic carbocycles. The lowest BCUT2D eigenvalue weighted by atomic mass is 10.1. The Morgan fingerprint density at radius 1 is 1.39 bits per heavy atom. The molecule has 1 fully saturated rings. The van der Waals surface area contributed by atoms with Gasteiger partial charge in [0.15, 0.2) is 11.4 Å². The summed E-state index contributed by atoms with van der Waals surface area (Å²) in [6.07, 6.45) is 3.37. The summed E-state index contributed by atoms with van der Waals surface area (Å²) in [5.74, 6) is 0.973. The van der Waals surface area contributed by atoms with Gasteiger partial charge in [-0.05, 0) is 31.0 Å². The average molecular weight is 332 g/mol. The van der Waals surface area contributed by atoms with Gasteiger partial charge >= 0.3 is 0 Å². The van der Waals surface area contributed by atoms with E-state index in [9.17, 15) is 4.79 Å². The Bertz CT molecular complexity index is 886. The van der Waals surface area contributed by atoms with E-state index >= 15 is 0 Å². The van der Waals surface area contributed by atoms with Crippen LogP contribution in [0.4, 0.5) is 0 Å². The Balaban J connectivity index is 1.74. The molecule has 4 rings (SSSR count). The van der Waals surface area contributed by atoms with Crippen molar-refractivity contribution in [1.29, 1.82) is 0 Å². The van der Waals surface area contributed by atoms with Crippen LogP contribution in [-0.2, 0) is 4.79 Å². The van der Waals surface area contributed by atoms with Gasteiger partial charge in [0.1, 0.15) is 0 Å². The minimum atomic E-state index is -0.114. The number of hydrogen-bond acceptors (Lipinski definition) is 5. The van der Waals surface area contributed by atoms with Gasteiger partial charge in [0.2, 0.25) is 5.91 Å². The molecule has 118 valence electrons. The van der Waals surface area contributed by atoms with E-state index in [2.05, 4.69) is 10.1 Å². The predicted octanol–water partition coefficient (Wildman–Crippen LogP) is 3.82. The third kappa shape index (κ3) is 2.30. The molecule has 0 bridgehead atoms. The van der Waals surface area contributed by atoms with Gasteiger partial charge in [0, 0.05) is 18.9 Å². The summed E-state index contributed by atoms with van der Waals surface area (Å²) in [6, 6.07) is 5.27. The maximum atomic E-state index is 11.7. The molecule has 1 aliphatic rings. The first-order valence-corrected chi connectivity index (χ1v) is 7.80. The van der Waals surface area contributed by atoms with Crippen LogP contribution in [0.25, 0.3) is 22.4 Å². The van der Waals surface area contributed by atoms with Gasteiger partial charge in [0.25, 0.3) is 5.89 Å². The molecule has 1 unspecified atom stereocenters. The third-order valence-electron chi connectivity index (χ3n) is 4.20. The number of fused-ring (bicyclic) bond motifs is 1. The molecule has 1 aromatic carbocycles. The van der Waals surface area contributed by atoms with E-state index in [1.165, 1.54) is 0 Å². The van der Waals surface area contributed by atoms with Crippen molar-refractivity contribution in [1.82, 2.24) is 15.0 Å². The van der Waals surface area contributed by atoms with Crippen molar-refractivity contribution in [2.24, 2.45) is 0 Å². The van der Waals surface area contributed by atoms with Gasteiger partial charge in [-0.15, -0.1) is 0 Å². The quantitative estimate of drug-likeness (QED) is 0.713. The zero-order chi connectivity index (χ0) is 16.0. The van der Waals surface area contributed by atoms with Crippen molar-refractivity contribution < 1.29 is 13.7 Å². The summed E-state index contributed by atoms with van der Waals surface area (Å²) in [7, 11) is 0. The molecule has 3 heterocycles. The fourth-order valence-corrected chi connectivity index (χ4v) is 3.32. The van der Waals surface area contributed by atoms with E-state index in [4.69, 9.17) is 20.5 Å². The van der Waals surface area contributed by atoms with Gasteiger partial charge in [-0.2, -0.15) is 4.98 Å². The summed E-state index contributed by atoms with van der Waals surface area (Å²) < 4.78 is 10.8. The van der Waals surface area contributed by atoms with Crippen LogP contribution >= 0.6 is 11.6 Å². The van der Waals surface area contributed by atoms with E-state index < -0.39 is 0 Å². The number of benzene rings is 1. The van der Waals surface area contributed by atoms with Crippen LogP contribution in [0.1, 0.15) is 31.6 Å². The summed E-state index contributed by atoms with van der Waals surface area (Å²) in [5, 5.41) is 5.43. The maximum absolute atomic E-state index is 11.7. The van der Waals surface area contributed by atoms with Crippen molar-refractivity contribution in [2.45, 2.75) is 25.8 Å². The first-order valence-electron chi connectivity index (χ1n) is 7.42. The van der Waals surface area contributed by atoms with Crippen LogP contribution in [0.5, 0.6) is 0 Å². The lowest BCUT2D eigenvalue weighted by Crippen LogP contribution is -2.28. The molecule has 23 heavy (non-hydrogen) atoms. The molecule has 0 saturated carbocycles. The van der Waals surface area contributed by atoms with Crippen molar-refractivity contribution in [2.75, 3.05) is 6.54 Å². The first kappa shape index (κ1) is 14.3. The van der Waals surface area contributed by atoms with Gasteiger partial charge in [-0.3, -0.25) is 4.79 Å². The van der Waals surface area contributed by atoms with E-state index in [0.29, 0.717) is 22.3 Å². The van der Waals surface area contributed by atoms with E-state index in [-0.39, 0.29) is 11.9 Å². The number of aromatic nitrogens is 2. The lowest BCUT2D eigenvalue weighted by Gasteiger charge is -2.19. The fraction of sp³-hybridized carbons (Fsp3) is 0.312. The average Bonchev–Trinajstić information content (AvgIpc) is 3.27. The van der Waals surface area contributed by atoms with Crippen molar-refractivity contribution in [3.63, 3.8) is 0 Å². The minimum absolute atomic E-state index is 0.0302. The molecule has 0 radical (unpaired) electrons. The van der Waals surface area contributed by atoms with E-state index in [1.807, 2.05) is 12.1 Å². The van der Waals surface area contributed by atoms with Crippen molar-refractivity contribution >= 4 is 28.5 Å². The highest BCUT2D eigenvalue weighted by Crippen LogP contribution is 2.35. The molecule has 2 aromatic heterocycles. The number of rotatable bonds is 2. The normalized spacial score (nSPS) is 18.0. The smallest absolute Gasteiger partial charge is 0.258 e. The molecular weight excluding hydrogens is 318 g/mol. The zero-order valence-corrected chi connectivity index (χ0v) is 13.2. The topological polar surface area (TPSA) is 72.4 Å². The SMILES string of the molecule is CC(=O)N1CCCC1c1noc(-c2ccc(Cl)c3occc23)n1. The second-order valence-electron chi connectivity index (χ2n) is 5.59. The summed E-state index contributed by atoms with van der Waals surface area (Å²) in [5.41, 5.74) is 1.36. The number of carbonyl (C=O) groups excluding carboxylic acids is 1. The Hall–Kier alpha value is -2.34. The highest BCUT2D eigenvalue weighted by molar-refractivity contribution is 6.35. The van der Waals surface area contributed by atoms with Gasteiger partial charge in [-0.25, -0.2) is 0 Å². The molecule has 3 aromatic rings. The fourth-order valence-electron chi connectivity index (χ4n) is 3.11. The third-order valence-corrected chi connectivity index (χ3v) is 4.49. The van der Waals surface area contributed by atoms with Crippen LogP contribution in [0.15, 0.2) is 33.4 Å². The summed E-state index contributed by atoms with van der Waals surface area (Å²) >= 11 is 6.12. The molecule has 1 atom stereocenters. The molecule has 0 spiro atoms. The van der Waals surface area contributed by atoms with Crippen LogP contribution in [-0.4, -0.2) is 27.5 Å². The maximum Gasteiger partial charge on any atom is 0.258 e. The number of likely N-dealkylation sites (tertiary alicyclic amines) is 1. The standard InChI is InChI=1S/C16H14ClN3O3/c1-9(21)20-7-2-3-13(20)15-18-16(23-19-15)11-4-5-12(17)14-10(11)6-8-22-14/h4-6,8,13H,2-3,7H2,1H3. The number of hydrogen-bond donors (Lipinski definition) is 0. The Morgan fingerprint density at radius 3 is 3.09 bits per heavy atom. The molecular formula is C16H14ClN3O3. The molecule has 7 heteroatoms. The van der Waals surface area contributed by atoms with Gasteiger partial charge < -0.3 is 13.8 Å². The monoisotopic (exact) mass is 331 g/mol. The second kappa shape index (κ2) is 5.38. The van der Waals surface area contributed by atoms with Crippen molar-refractivity contribution in [3.8, 4) is 11.5 Å². The number of nitrogens with zero attached hydrogens (tertiary/aromatic N) is 3. The van der Waals surface area contributed by atoms with Crippen LogP contribution in [0.2, 0.25) is 5.02 Å². The van der Waals surface area contributed by atoms with Gasteiger partial charge in [0.05, 0.1) is 22.9 Å². The van der Waals surface area contributed by atoms with E-state index in [0.717, 1.165) is 30.3 Å².